The number of hydrogen-bond acceptors (Lipinski definition) is 3. The van der Waals surface area contributed by atoms with Crippen LogP contribution >= 0.6 is 11.6 Å². The molecule has 144 valence electrons. The Morgan fingerprint density at radius 2 is 1.50 bits per heavy atom. The molecule has 0 heterocycles. The molecule has 0 fully saturated rings. The van der Waals surface area contributed by atoms with Crippen molar-refractivity contribution >= 4 is 38.9 Å². The van der Waals surface area contributed by atoms with Crippen LogP contribution in [0.1, 0.15) is 21.5 Å². The first-order valence-corrected chi connectivity index (χ1v) is 10.4. The molecule has 0 aromatic heterocycles. The fraction of sp³-hybridized carbons (Fsp3) is 0.0952. The molecule has 2 N–H and O–H groups in total. The summed E-state index contributed by atoms with van der Waals surface area (Å²) in [5.41, 5.74) is 2.85. The van der Waals surface area contributed by atoms with Crippen LogP contribution in [0.5, 0.6) is 0 Å². The third kappa shape index (κ3) is 4.52. The van der Waals surface area contributed by atoms with E-state index in [1.807, 2.05) is 13.0 Å². The molecule has 0 atom stereocenters. The molecular formula is C21H19ClN2O3S. The smallest absolute Gasteiger partial charge is 0.261 e. The molecule has 5 nitrogen and oxygen atoms in total. The SMILES string of the molecule is Cc1ccc(Cl)cc1NC(=O)c1ccc(C)c(NS(=O)(=O)c2ccccc2)c1. The van der Waals surface area contributed by atoms with Crippen LogP contribution < -0.4 is 10.0 Å². The Morgan fingerprint density at radius 3 is 2.21 bits per heavy atom. The molecule has 0 spiro atoms. The van der Waals surface area contributed by atoms with E-state index in [0.717, 1.165) is 5.56 Å². The van der Waals surface area contributed by atoms with Gasteiger partial charge >= 0.3 is 0 Å². The highest BCUT2D eigenvalue weighted by Gasteiger charge is 2.16. The first-order valence-electron chi connectivity index (χ1n) is 8.52. The van der Waals surface area contributed by atoms with Gasteiger partial charge in [-0.1, -0.05) is 41.9 Å². The fourth-order valence-electron chi connectivity index (χ4n) is 2.60. The number of carbonyl (C=O) groups is 1. The van der Waals surface area contributed by atoms with Crippen molar-refractivity contribution in [1.82, 2.24) is 0 Å². The van der Waals surface area contributed by atoms with Crippen LogP contribution in [0.3, 0.4) is 0 Å². The normalized spacial score (nSPS) is 11.1. The average molecular weight is 415 g/mol. The summed E-state index contributed by atoms with van der Waals surface area (Å²) in [4.78, 5) is 12.8. The average Bonchev–Trinajstić information content (AvgIpc) is 2.67. The van der Waals surface area contributed by atoms with Crippen LogP contribution in [0.2, 0.25) is 5.02 Å². The standard InChI is InChI=1S/C21H19ClN2O3S/c1-14-9-11-17(22)13-19(14)23-21(25)16-10-8-15(2)20(12-16)24-28(26,27)18-6-4-3-5-7-18/h3-13,24H,1-2H3,(H,23,25). The van der Waals surface area contributed by atoms with Crippen molar-refractivity contribution in [2.24, 2.45) is 0 Å². The highest BCUT2D eigenvalue weighted by atomic mass is 35.5. The predicted octanol–water partition coefficient (Wildman–Crippen LogP) is 5.01. The summed E-state index contributed by atoms with van der Waals surface area (Å²) in [6.45, 7) is 3.63. The number of amides is 1. The Bertz CT molecular complexity index is 1130. The van der Waals surface area contributed by atoms with E-state index in [2.05, 4.69) is 10.0 Å². The van der Waals surface area contributed by atoms with Gasteiger partial charge in [0.25, 0.3) is 15.9 Å². The maximum absolute atomic E-state index is 12.6. The minimum absolute atomic E-state index is 0.152. The van der Waals surface area contributed by atoms with Gasteiger partial charge in [-0.25, -0.2) is 8.42 Å². The first kappa shape index (κ1) is 19.9. The molecule has 0 unspecified atom stereocenters. The zero-order valence-corrected chi connectivity index (χ0v) is 16.9. The third-order valence-electron chi connectivity index (χ3n) is 4.25. The molecule has 7 heteroatoms. The molecule has 1 amide bonds. The third-order valence-corrected chi connectivity index (χ3v) is 5.86. The summed E-state index contributed by atoms with van der Waals surface area (Å²) >= 11 is 6.00. The van der Waals surface area contributed by atoms with Gasteiger partial charge in [0, 0.05) is 16.3 Å². The van der Waals surface area contributed by atoms with Crippen LogP contribution in [0.4, 0.5) is 11.4 Å². The van der Waals surface area contributed by atoms with Gasteiger partial charge in [0.05, 0.1) is 10.6 Å². The lowest BCUT2D eigenvalue weighted by Crippen LogP contribution is -2.16. The Kier molecular flexibility index (Phi) is 5.72. The lowest BCUT2D eigenvalue weighted by atomic mass is 10.1. The van der Waals surface area contributed by atoms with Gasteiger partial charge in [0.15, 0.2) is 0 Å². The number of aryl methyl sites for hydroxylation is 2. The van der Waals surface area contributed by atoms with Gasteiger partial charge in [-0.3, -0.25) is 9.52 Å². The van der Waals surface area contributed by atoms with Crippen molar-refractivity contribution in [2.45, 2.75) is 18.7 Å². The van der Waals surface area contributed by atoms with Crippen LogP contribution in [-0.4, -0.2) is 14.3 Å². The maximum atomic E-state index is 12.6. The summed E-state index contributed by atoms with van der Waals surface area (Å²) in [5, 5.41) is 3.32. The summed E-state index contributed by atoms with van der Waals surface area (Å²) in [7, 11) is -3.75. The van der Waals surface area contributed by atoms with E-state index in [1.54, 1.807) is 49.4 Å². The van der Waals surface area contributed by atoms with E-state index >= 15 is 0 Å². The number of sulfonamides is 1. The fourth-order valence-corrected chi connectivity index (χ4v) is 3.91. The molecule has 0 saturated heterocycles. The van der Waals surface area contributed by atoms with Crippen molar-refractivity contribution in [3.63, 3.8) is 0 Å². The minimum Gasteiger partial charge on any atom is -0.322 e. The van der Waals surface area contributed by atoms with Crippen molar-refractivity contribution in [2.75, 3.05) is 10.0 Å². The number of anilines is 2. The van der Waals surface area contributed by atoms with E-state index in [-0.39, 0.29) is 10.8 Å². The van der Waals surface area contributed by atoms with Crippen LogP contribution in [-0.2, 0) is 10.0 Å². The summed E-state index contributed by atoms with van der Waals surface area (Å²) < 4.78 is 27.7. The summed E-state index contributed by atoms with van der Waals surface area (Å²) in [6, 6.07) is 18.2. The van der Waals surface area contributed by atoms with Crippen LogP contribution in [0, 0.1) is 13.8 Å². The quantitative estimate of drug-likeness (QED) is 0.616. The molecule has 0 bridgehead atoms. The Labute approximate surface area is 169 Å². The molecule has 0 aliphatic carbocycles. The van der Waals surface area contributed by atoms with Gasteiger partial charge in [-0.05, 0) is 61.4 Å². The van der Waals surface area contributed by atoms with E-state index in [1.165, 1.54) is 18.2 Å². The number of halogens is 1. The van der Waals surface area contributed by atoms with Crippen LogP contribution in [0.15, 0.2) is 71.6 Å². The molecule has 0 aliphatic heterocycles. The minimum atomic E-state index is -3.75. The number of rotatable bonds is 5. The Morgan fingerprint density at radius 1 is 0.857 bits per heavy atom. The van der Waals surface area contributed by atoms with E-state index < -0.39 is 10.0 Å². The van der Waals surface area contributed by atoms with E-state index in [0.29, 0.717) is 27.5 Å². The lowest BCUT2D eigenvalue weighted by molar-refractivity contribution is 0.102. The van der Waals surface area contributed by atoms with E-state index in [9.17, 15) is 13.2 Å². The Hall–Kier alpha value is -2.83. The summed E-state index contributed by atoms with van der Waals surface area (Å²) in [6.07, 6.45) is 0. The van der Waals surface area contributed by atoms with Gasteiger partial charge in [0.2, 0.25) is 0 Å². The maximum Gasteiger partial charge on any atom is 0.261 e. The van der Waals surface area contributed by atoms with E-state index in [4.69, 9.17) is 11.6 Å². The van der Waals surface area contributed by atoms with Crippen molar-refractivity contribution in [3.05, 3.63) is 88.4 Å². The monoisotopic (exact) mass is 414 g/mol. The number of nitrogens with one attached hydrogen (secondary N) is 2. The largest absolute Gasteiger partial charge is 0.322 e. The molecule has 3 rings (SSSR count). The van der Waals surface area contributed by atoms with Crippen LogP contribution in [0.25, 0.3) is 0 Å². The van der Waals surface area contributed by atoms with Gasteiger partial charge in [-0.15, -0.1) is 0 Å². The van der Waals surface area contributed by atoms with Crippen molar-refractivity contribution < 1.29 is 13.2 Å². The number of carbonyl (C=O) groups excluding carboxylic acids is 1. The zero-order chi connectivity index (χ0) is 20.3. The second-order valence-electron chi connectivity index (χ2n) is 6.36. The molecule has 0 aliphatic rings. The van der Waals surface area contributed by atoms with Gasteiger partial charge < -0.3 is 5.32 Å². The number of hydrogen-bond donors (Lipinski definition) is 2. The molecule has 3 aromatic carbocycles. The van der Waals surface area contributed by atoms with Gasteiger partial charge in [0.1, 0.15) is 0 Å². The molecule has 0 saturated carbocycles. The second kappa shape index (κ2) is 8.04. The lowest BCUT2D eigenvalue weighted by Gasteiger charge is -2.13. The zero-order valence-electron chi connectivity index (χ0n) is 15.4. The first-order chi connectivity index (χ1) is 13.3. The number of benzene rings is 3. The van der Waals surface area contributed by atoms with Crippen molar-refractivity contribution in [1.29, 1.82) is 0 Å². The molecular weight excluding hydrogens is 396 g/mol. The highest BCUT2D eigenvalue weighted by Crippen LogP contribution is 2.24. The topological polar surface area (TPSA) is 75.3 Å². The molecule has 3 aromatic rings. The van der Waals surface area contributed by atoms with Gasteiger partial charge in [-0.2, -0.15) is 0 Å². The molecule has 0 radical (unpaired) electrons. The predicted molar refractivity (Wildman–Crippen MR) is 113 cm³/mol. The second-order valence-corrected chi connectivity index (χ2v) is 8.48. The Balaban J connectivity index is 1.87. The highest BCUT2D eigenvalue weighted by molar-refractivity contribution is 7.92. The molecule has 28 heavy (non-hydrogen) atoms. The van der Waals surface area contributed by atoms with Crippen molar-refractivity contribution in [3.8, 4) is 0 Å². The summed E-state index contributed by atoms with van der Waals surface area (Å²) in [5.74, 6) is -0.356.